The summed E-state index contributed by atoms with van der Waals surface area (Å²) in [5.41, 5.74) is 1.10. The lowest BCUT2D eigenvalue weighted by molar-refractivity contribution is -0.119. The lowest BCUT2D eigenvalue weighted by Crippen LogP contribution is -2.48. The SMILES string of the molecule is CCCN(CCC)CC(=O)N1c2cc(Cl)c(Cl)cc2-n2c(nn(CCN3CCN(CCO)CC3)c2=O)-c2cccnc21. The van der Waals surface area contributed by atoms with Gasteiger partial charge in [-0.1, -0.05) is 37.0 Å². The van der Waals surface area contributed by atoms with Gasteiger partial charge in [0.05, 0.1) is 46.7 Å². The van der Waals surface area contributed by atoms with Crippen LogP contribution < -0.4 is 10.6 Å². The highest BCUT2D eigenvalue weighted by Crippen LogP contribution is 2.43. The van der Waals surface area contributed by atoms with Gasteiger partial charge in [0.1, 0.15) is 0 Å². The molecule has 3 aromatic rings. The zero-order valence-electron chi connectivity index (χ0n) is 24.2. The summed E-state index contributed by atoms with van der Waals surface area (Å²) in [6.45, 7) is 11.3. The zero-order valence-corrected chi connectivity index (χ0v) is 25.7. The molecule has 0 spiro atoms. The van der Waals surface area contributed by atoms with E-state index >= 15 is 0 Å². The molecule has 0 unspecified atom stereocenters. The fourth-order valence-corrected chi connectivity index (χ4v) is 6.04. The second kappa shape index (κ2) is 13.7. The van der Waals surface area contributed by atoms with Gasteiger partial charge in [-0.25, -0.2) is 19.0 Å². The smallest absolute Gasteiger partial charge is 0.350 e. The van der Waals surface area contributed by atoms with E-state index in [1.165, 1.54) is 9.25 Å². The number of fused-ring (bicyclic) bond motifs is 5. The van der Waals surface area contributed by atoms with Crippen LogP contribution in [0.25, 0.3) is 17.1 Å². The van der Waals surface area contributed by atoms with E-state index in [1.54, 1.807) is 29.3 Å². The van der Waals surface area contributed by atoms with Crippen molar-refractivity contribution < 1.29 is 9.90 Å². The number of aliphatic hydroxyl groups excluding tert-OH is 1. The molecule has 5 rings (SSSR count). The van der Waals surface area contributed by atoms with Crippen molar-refractivity contribution in [3.63, 3.8) is 0 Å². The number of hydrogen-bond acceptors (Lipinski definition) is 8. The third-order valence-corrected chi connectivity index (χ3v) is 8.50. The fraction of sp³-hybridized carbons (Fsp3) is 0.517. The number of halogens is 2. The number of β-amino-alcohol motifs (C(OH)–C–C–N with tert-alkyl or cyclic N) is 1. The Balaban J connectivity index is 1.54. The minimum absolute atomic E-state index is 0.154. The highest BCUT2D eigenvalue weighted by Gasteiger charge is 2.34. The molecule has 0 radical (unpaired) electrons. The molecule has 226 valence electrons. The predicted molar refractivity (Wildman–Crippen MR) is 165 cm³/mol. The maximum atomic E-state index is 14.0. The number of amides is 1. The van der Waals surface area contributed by atoms with E-state index in [2.05, 4.69) is 33.5 Å². The number of piperazine rings is 1. The number of anilines is 2. The molecule has 0 atom stereocenters. The normalized spacial score (nSPS) is 15.4. The quantitative estimate of drug-likeness (QED) is 0.351. The molecule has 2 aromatic heterocycles. The van der Waals surface area contributed by atoms with E-state index in [1.807, 2.05) is 6.07 Å². The number of hydrogen-bond donors (Lipinski definition) is 1. The average Bonchev–Trinajstić information content (AvgIpc) is 3.25. The maximum Gasteiger partial charge on any atom is 0.350 e. The minimum Gasteiger partial charge on any atom is -0.395 e. The number of aliphatic hydroxyl groups is 1. The molecule has 1 saturated heterocycles. The summed E-state index contributed by atoms with van der Waals surface area (Å²) in [6.07, 6.45) is 3.48. The summed E-state index contributed by atoms with van der Waals surface area (Å²) in [5, 5.41) is 14.5. The van der Waals surface area contributed by atoms with Crippen LogP contribution >= 0.6 is 23.2 Å². The molecule has 42 heavy (non-hydrogen) atoms. The predicted octanol–water partition coefficient (Wildman–Crippen LogP) is 3.11. The van der Waals surface area contributed by atoms with Gasteiger partial charge in [0, 0.05) is 45.5 Å². The first kappa shape index (κ1) is 30.7. The highest BCUT2D eigenvalue weighted by atomic mass is 35.5. The molecule has 0 bridgehead atoms. The van der Waals surface area contributed by atoms with E-state index in [4.69, 9.17) is 28.3 Å². The number of aromatic nitrogens is 4. The topological polar surface area (TPSA) is 103 Å². The molecule has 1 aromatic carbocycles. The van der Waals surface area contributed by atoms with E-state index in [0.717, 1.165) is 52.1 Å². The molecule has 2 aliphatic heterocycles. The van der Waals surface area contributed by atoms with Crippen molar-refractivity contribution in [3.8, 4) is 17.1 Å². The number of carbonyl (C=O) groups excluding carboxylic acids is 1. The van der Waals surface area contributed by atoms with Crippen molar-refractivity contribution in [2.24, 2.45) is 0 Å². The summed E-state index contributed by atoms with van der Waals surface area (Å²) in [7, 11) is 0. The van der Waals surface area contributed by atoms with Crippen molar-refractivity contribution >= 4 is 40.6 Å². The molecule has 11 nitrogen and oxygen atoms in total. The third kappa shape index (κ3) is 6.27. The Bertz CT molecular complexity index is 1460. The number of carbonyl (C=O) groups is 1. The summed E-state index contributed by atoms with van der Waals surface area (Å²) in [5.74, 6) is 0.610. The minimum atomic E-state index is -0.328. The molecule has 2 aliphatic rings. The van der Waals surface area contributed by atoms with Gasteiger partial charge in [-0.2, -0.15) is 0 Å². The molecule has 0 aliphatic carbocycles. The van der Waals surface area contributed by atoms with Gasteiger partial charge in [-0.15, -0.1) is 5.10 Å². The molecular weight excluding hydrogens is 579 g/mol. The first-order valence-corrected chi connectivity index (χ1v) is 15.4. The first-order chi connectivity index (χ1) is 20.4. The number of nitrogens with zero attached hydrogens (tertiary/aromatic N) is 8. The lowest BCUT2D eigenvalue weighted by Gasteiger charge is -2.34. The van der Waals surface area contributed by atoms with Crippen molar-refractivity contribution in [1.29, 1.82) is 0 Å². The molecular formula is C29H38Cl2N8O3. The van der Waals surface area contributed by atoms with Crippen LogP contribution in [0, 0.1) is 0 Å². The van der Waals surface area contributed by atoms with E-state index in [9.17, 15) is 14.7 Å². The Morgan fingerprint density at radius 1 is 0.976 bits per heavy atom. The molecule has 1 N–H and O–H groups in total. The van der Waals surface area contributed by atoms with Crippen molar-refractivity contribution in [1.82, 2.24) is 34.0 Å². The standard InChI is InChI=1S/C29H38Cl2N8O3/c1-3-8-36(9-4-2)20-26(41)38-24-18-22(30)23(31)19-25(24)39-28(21-6-5-7-32-27(21)38)33-37(29(39)42)15-14-34-10-12-35(13-11-34)16-17-40/h5-7,18-19,40H,3-4,8-17,20H2,1-2H3. The van der Waals surface area contributed by atoms with Crippen LogP contribution in [0.4, 0.5) is 11.5 Å². The van der Waals surface area contributed by atoms with E-state index in [0.29, 0.717) is 48.2 Å². The van der Waals surface area contributed by atoms with Gasteiger partial charge in [0.15, 0.2) is 11.6 Å². The van der Waals surface area contributed by atoms with Gasteiger partial charge in [0.25, 0.3) is 0 Å². The highest BCUT2D eigenvalue weighted by molar-refractivity contribution is 6.42. The van der Waals surface area contributed by atoms with Crippen LogP contribution in [0.5, 0.6) is 0 Å². The van der Waals surface area contributed by atoms with Crippen LogP contribution in [0.2, 0.25) is 10.0 Å². The molecule has 0 saturated carbocycles. The largest absolute Gasteiger partial charge is 0.395 e. The number of pyridine rings is 1. The van der Waals surface area contributed by atoms with Gasteiger partial charge in [-0.3, -0.25) is 24.4 Å². The Labute approximate surface area is 255 Å². The van der Waals surface area contributed by atoms with Gasteiger partial charge in [0.2, 0.25) is 5.91 Å². The molecule has 13 heteroatoms. The van der Waals surface area contributed by atoms with Crippen molar-refractivity contribution in [2.45, 2.75) is 33.2 Å². The van der Waals surface area contributed by atoms with Crippen LogP contribution in [0.1, 0.15) is 26.7 Å². The Hall–Kier alpha value is -2.80. The monoisotopic (exact) mass is 616 g/mol. The summed E-state index contributed by atoms with van der Waals surface area (Å²) >= 11 is 13.0. The van der Waals surface area contributed by atoms with Crippen LogP contribution in [-0.2, 0) is 11.3 Å². The van der Waals surface area contributed by atoms with Crippen LogP contribution in [0.3, 0.4) is 0 Å². The van der Waals surface area contributed by atoms with Gasteiger partial charge >= 0.3 is 5.69 Å². The second-order valence-electron chi connectivity index (χ2n) is 10.7. The Morgan fingerprint density at radius 3 is 2.26 bits per heavy atom. The number of benzene rings is 1. The first-order valence-electron chi connectivity index (χ1n) is 14.6. The fourth-order valence-electron chi connectivity index (χ4n) is 5.72. The average molecular weight is 618 g/mol. The third-order valence-electron chi connectivity index (χ3n) is 7.78. The second-order valence-corrected chi connectivity index (χ2v) is 11.5. The summed E-state index contributed by atoms with van der Waals surface area (Å²) < 4.78 is 2.99. The lowest BCUT2D eigenvalue weighted by atomic mass is 10.2. The van der Waals surface area contributed by atoms with Crippen molar-refractivity contribution in [3.05, 3.63) is 51.0 Å². The van der Waals surface area contributed by atoms with Crippen LogP contribution in [0.15, 0.2) is 35.3 Å². The number of rotatable bonds is 11. The van der Waals surface area contributed by atoms with Crippen LogP contribution in [-0.4, -0.2) is 111 Å². The summed E-state index contributed by atoms with van der Waals surface area (Å²) in [6, 6.07) is 6.86. The molecule has 1 amide bonds. The van der Waals surface area contributed by atoms with E-state index in [-0.39, 0.29) is 34.8 Å². The zero-order chi connectivity index (χ0) is 29.8. The summed E-state index contributed by atoms with van der Waals surface area (Å²) in [4.78, 5) is 40.8. The van der Waals surface area contributed by atoms with E-state index < -0.39 is 0 Å². The molecule has 1 fully saturated rings. The Kier molecular flexibility index (Phi) is 9.97. The van der Waals surface area contributed by atoms with Gasteiger partial charge < -0.3 is 5.11 Å². The molecule has 4 heterocycles. The van der Waals surface area contributed by atoms with Gasteiger partial charge in [-0.05, 0) is 50.2 Å². The Morgan fingerprint density at radius 2 is 1.62 bits per heavy atom. The maximum absolute atomic E-state index is 14.0. The van der Waals surface area contributed by atoms with Crippen molar-refractivity contribution in [2.75, 3.05) is 70.4 Å².